The topological polar surface area (TPSA) is 86.8 Å². The van der Waals surface area contributed by atoms with E-state index in [1.807, 2.05) is 89.2 Å². The molecule has 0 saturated heterocycles. The Labute approximate surface area is 271 Å². The van der Waals surface area contributed by atoms with Crippen LogP contribution in [0.2, 0.25) is 5.02 Å². The summed E-state index contributed by atoms with van der Waals surface area (Å²) in [7, 11) is -4.20. The van der Waals surface area contributed by atoms with E-state index >= 15 is 0 Å². The fourth-order valence-electron chi connectivity index (χ4n) is 4.98. The summed E-state index contributed by atoms with van der Waals surface area (Å²) in [6, 6.07) is 29.1. The van der Waals surface area contributed by atoms with Crippen molar-refractivity contribution in [3.05, 3.63) is 130 Å². The number of anilines is 1. The number of nitrogens with one attached hydrogen (secondary N) is 1. The average Bonchev–Trinajstić information content (AvgIpc) is 2.98. The number of nitrogens with zero attached hydrogens (tertiary/aromatic N) is 2. The maximum atomic E-state index is 14.6. The van der Waals surface area contributed by atoms with E-state index in [1.165, 1.54) is 23.1 Å². The number of benzene rings is 4. The maximum Gasteiger partial charge on any atom is 0.264 e. The normalized spacial score (nSPS) is 12.3. The van der Waals surface area contributed by atoms with Gasteiger partial charge in [0.15, 0.2) is 0 Å². The van der Waals surface area contributed by atoms with Crippen molar-refractivity contribution in [1.82, 2.24) is 10.2 Å². The second-order valence-corrected chi connectivity index (χ2v) is 14.5. The number of hydrogen-bond acceptors (Lipinski definition) is 4. The lowest BCUT2D eigenvalue weighted by Gasteiger charge is -2.35. The van der Waals surface area contributed by atoms with E-state index in [1.54, 1.807) is 30.3 Å². The number of aryl methyl sites for hydroxylation is 2. The molecule has 0 aliphatic rings. The van der Waals surface area contributed by atoms with Crippen LogP contribution in [-0.2, 0) is 32.6 Å². The third-order valence-electron chi connectivity index (χ3n) is 7.36. The molecule has 0 heterocycles. The third-order valence-corrected chi connectivity index (χ3v) is 9.38. The van der Waals surface area contributed by atoms with Gasteiger partial charge in [0.2, 0.25) is 11.8 Å². The molecule has 0 spiro atoms. The van der Waals surface area contributed by atoms with Gasteiger partial charge in [-0.05, 0) is 81.6 Å². The van der Waals surface area contributed by atoms with E-state index in [-0.39, 0.29) is 29.5 Å². The Kier molecular flexibility index (Phi) is 10.7. The van der Waals surface area contributed by atoms with Crippen molar-refractivity contribution in [3.8, 4) is 0 Å². The van der Waals surface area contributed by atoms with E-state index in [4.69, 9.17) is 11.6 Å². The van der Waals surface area contributed by atoms with Crippen molar-refractivity contribution < 1.29 is 18.0 Å². The van der Waals surface area contributed by atoms with Gasteiger partial charge in [0.1, 0.15) is 12.6 Å². The van der Waals surface area contributed by atoms with E-state index in [2.05, 4.69) is 5.32 Å². The standard InChI is InChI=1S/C36H40ClN3O4S/c1-26-18-20-32(21-19-26)45(43,44)40(31-17-11-16-30(37)23-31)25-34(41)39(24-29-15-10-9-12-27(29)2)33(35(42)38-36(3,4)5)22-28-13-7-6-8-14-28/h6-21,23,33H,22,24-25H2,1-5H3,(H,38,42). The highest BCUT2D eigenvalue weighted by Crippen LogP contribution is 2.27. The molecular formula is C36H40ClN3O4S. The predicted octanol–water partition coefficient (Wildman–Crippen LogP) is 6.71. The Balaban J connectivity index is 1.83. The molecule has 4 aromatic carbocycles. The summed E-state index contributed by atoms with van der Waals surface area (Å²) >= 11 is 6.30. The lowest BCUT2D eigenvalue weighted by atomic mass is 10.00. The van der Waals surface area contributed by atoms with Gasteiger partial charge < -0.3 is 10.2 Å². The molecule has 0 saturated carbocycles. The molecule has 0 bridgehead atoms. The molecule has 0 fully saturated rings. The molecule has 7 nitrogen and oxygen atoms in total. The first kappa shape index (κ1) is 33.7. The molecule has 236 valence electrons. The van der Waals surface area contributed by atoms with E-state index in [0.29, 0.717) is 5.02 Å². The van der Waals surface area contributed by atoms with Gasteiger partial charge in [-0.2, -0.15) is 0 Å². The van der Waals surface area contributed by atoms with Crippen LogP contribution in [0.3, 0.4) is 0 Å². The number of hydrogen-bond donors (Lipinski definition) is 1. The maximum absolute atomic E-state index is 14.6. The zero-order valence-corrected chi connectivity index (χ0v) is 27.9. The van der Waals surface area contributed by atoms with Crippen molar-refractivity contribution >= 4 is 39.1 Å². The Morgan fingerprint density at radius 3 is 2.11 bits per heavy atom. The molecule has 0 aliphatic carbocycles. The van der Waals surface area contributed by atoms with Crippen molar-refractivity contribution in [2.24, 2.45) is 0 Å². The summed E-state index contributed by atoms with van der Waals surface area (Å²) in [6.07, 6.45) is 0.238. The van der Waals surface area contributed by atoms with Crippen LogP contribution >= 0.6 is 11.6 Å². The Morgan fingerprint density at radius 2 is 1.49 bits per heavy atom. The first-order chi connectivity index (χ1) is 21.2. The quantitative estimate of drug-likeness (QED) is 0.197. The van der Waals surface area contributed by atoms with Gasteiger partial charge in [0.05, 0.1) is 10.6 Å². The van der Waals surface area contributed by atoms with Crippen LogP contribution < -0.4 is 9.62 Å². The minimum Gasteiger partial charge on any atom is -0.350 e. The number of carbonyl (C=O) groups is 2. The lowest BCUT2D eigenvalue weighted by molar-refractivity contribution is -0.140. The molecule has 2 amide bonds. The monoisotopic (exact) mass is 645 g/mol. The number of carbonyl (C=O) groups excluding carboxylic acids is 2. The molecule has 4 rings (SSSR count). The molecule has 1 N–H and O–H groups in total. The molecule has 1 atom stereocenters. The van der Waals surface area contributed by atoms with E-state index in [0.717, 1.165) is 26.6 Å². The molecule has 0 aromatic heterocycles. The van der Waals surface area contributed by atoms with Crippen LogP contribution in [0.15, 0.2) is 108 Å². The first-order valence-electron chi connectivity index (χ1n) is 14.8. The number of amides is 2. The van der Waals surface area contributed by atoms with Crippen LogP contribution in [0.1, 0.15) is 43.0 Å². The lowest BCUT2D eigenvalue weighted by Crippen LogP contribution is -2.56. The summed E-state index contributed by atoms with van der Waals surface area (Å²) < 4.78 is 29.3. The Hall–Kier alpha value is -4.14. The van der Waals surface area contributed by atoms with Crippen molar-refractivity contribution in [3.63, 3.8) is 0 Å². The van der Waals surface area contributed by atoms with Gasteiger partial charge in [-0.3, -0.25) is 13.9 Å². The van der Waals surface area contributed by atoms with Gasteiger partial charge >= 0.3 is 0 Å². The number of rotatable bonds is 11. The van der Waals surface area contributed by atoms with Crippen molar-refractivity contribution in [2.45, 2.75) is 64.1 Å². The zero-order valence-electron chi connectivity index (χ0n) is 26.3. The molecule has 4 aromatic rings. The minimum atomic E-state index is -4.20. The molecule has 45 heavy (non-hydrogen) atoms. The van der Waals surface area contributed by atoms with E-state index < -0.39 is 34.1 Å². The summed E-state index contributed by atoms with van der Waals surface area (Å²) in [6.45, 7) is 9.02. The van der Waals surface area contributed by atoms with Crippen LogP contribution in [0.25, 0.3) is 0 Å². The second kappa shape index (κ2) is 14.3. The fourth-order valence-corrected chi connectivity index (χ4v) is 6.57. The smallest absolute Gasteiger partial charge is 0.264 e. The predicted molar refractivity (Wildman–Crippen MR) is 181 cm³/mol. The third kappa shape index (κ3) is 8.96. The Morgan fingerprint density at radius 1 is 0.844 bits per heavy atom. The molecule has 1 unspecified atom stereocenters. The number of halogens is 1. The van der Waals surface area contributed by atoms with Gasteiger partial charge in [0, 0.05) is 23.5 Å². The average molecular weight is 646 g/mol. The van der Waals surface area contributed by atoms with Gasteiger partial charge in [-0.1, -0.05) is 90.0 Å². The number of sulfonamides is 1. The van der Waals surface area contributed by atoms with E-state index in [9.17, 15) is 18.0 Å². The highest BCUT2D eigenvalue weighted by molar-refractivity contribution is 7.92. The highest BCUT2D eigenvalue weighted by atomic mass is 35.5. The molecule has 0 aliphatic heterocycles. The van der Waals surface area contributed by atoms with Crippen LogP contribution in [-0.4, -0.2) is 43.3 Å². The fraction of sp³-hybridized carbons (Fsp3) is 0.278. The largest absolute Gasteiger partial charge is 0.350 e. The van der Waals surface area contributed by atoms with Crippen molar-refractivity contribution in [2.75, 3.05) is 10.8 Å². The SMILES string of the molecule is Cc1ccc(S(=O)(=O)N(CC(=O)N(Cc2ccccc2C)C(Cc2ccccc2)C(=O)NC(C)(C)C)c2cccc(Cl)c2)cc1. The van der Waals surface area contributed by atoms with Gasteiger partial charge in [-0.25, -0.2) is 8.42 Å². The summed E-state index contributed by atoms with van der Waals surface area (Å²) in [5, 5.41) is 3.37. The van der Waals surface area contributed by atoms with Crippen LogP contribution in [0.4, 0.5) is 5.69 Å². The summed E-state index contributed by atoms with van der Waals surface area (Å²) in [5.41, 5.74) is 3.24. The summed E-state index contributed by atoms with van der Waals surface area (Å²) in [5.74, 6) is -0.858. The second-order valence-electron chi connectivity index (χ2n) is 12.2. The summed E-state index contributed by atoms with van der Waals surface area (Å²) in [4.78, 5) is 30.1. The molecule has 9 heteroatoms. The zero-order chi connectivity index (χ0) is 32.8. The Bertz CT molecular complexity index is 1740. The first-order valence-corrected chi connectivity index (χ1v) is 16.6. The van der Waals surface area contributed by atoms with Crippen LogP contribution in [0, 0.1) is 13.8 Å². The van der Waals surface area contributed by atoms with Crippen molar-refractivity contribution in [1.29, 1.82) is 0 Å². The molecule has 0 radical (unpaired) electrons. The van der Waals surface area contributed by atoms with Gasteiger partial charge in [0.25, 0.3) is 10.0 Å². The van der Waals surface area contributed by atoms with Crippen LogP contribution in [0.5, 0.6) is 0 Å². The minimum absolute atomic E-state index is 0.0395. The van der Waals surface area contributed by atoms with Gasteiger partial charge in [-0.15, -0.1) is 0 Å². The molecular weight excluding hydrogens is 606 g/mol. The highest BCUT2D eigenvalue weighted by Gasteiger charge is 2.35.